The molecule has 2 aromatic carbocycles. The lowest BCUT2D eigenvalue weighted by atomic mass is 10.0. The van der Waals surface area contributed by atoms with Gasteiger partial charge >= 0.3 is 5.97 Å². The fourth-order valence-electron chi connectivity index (χ4n) is 3.01. The zero-order chi connectivity index (χ0) is 21.7. The molecule has 5 nitrogen and oxygen atoms in total. The maximum Gasteiger partial charge on any atom is 0.358 e. The second-order valence-electron chi connectivity index (χ2n) is 7.37. The van der Waals surface area contributed by atoms with E-state index < -0.39 is 12.1 Å². The molecule has 0 radical (unpaired) electrons. The Morgan fingerprint density at radius 1 is 1.07 bits per heavy atom. The van der Waals surface area contributed by atoms with Crippen molar-refractivity contribution >= 4 is 28.9 Å². The third-order valence-electron chi connectivity index (χ3n) is 4.82. The van der Waals surface area contributed by atoms with Crippen LogP contribution in [0.25, 0.3) is 10.6 Å². The molecule has 6 heteroatoms. The molecule has 1 N–H and O–H groups in total. The largest absolute Gasteiger partial charge is 0.448 e. The Bertz CT molecular complexity index is 1020. The van der Waals surface area contributed by atoms with E-state index in [-0.39, 0.29) is 17.5 Å². The molecule has 1 atom stereocenters. The highest BCUT2D eigenvalue weighted by molar-refractivity contribution is 7.13. The van der Waals surface area contributed by atoms with Gasteiger partial charge in [-0.05, 0) is 36.5 Å². The van der Waals surface area contributed by atoms with Gasteiger partial charge in [0.05, 0.1) is 0 Å². The molecule has 1 aromatic heterocycles. The molecule has 1 heterocycles. The smallest absolute Gasteiger partial charge is 0.358 e. The molecule has 1 amide bonds. The van der Waals surface area contributed by atoms with E-state index in [2.05, 4.69) is 43.2 Å². The van der Waals surface area contributed by atoms with Gasteiger partial charge in [0.25, 0.3) is 5.91 Å². The van der Waals surface area contributed by atoms with Crippen molar-refractivity contribution in [1.82, 2.24) is 4.98 Å². The Morgan fingerprint density at radius 2 is 1.77 bits per heavy atom. The van der Waals surface area contributed by atoms with Crippen LogP contribution in [0.3, 0.4) is 0 Å². The van der Waals surface area contributed by atoms with Crippen molar-refractivity contribution in [3.05, 3.63) is 70.7 Å². The van der Waals surface area contributed by atoms with Crippen molar-refractivity contribution < 1.29 is 14.3 Å². The number of amides is 1. The fraction of sp³-hybridized carbons (Fsp3) is 0.292. The molecule has 0 saturated carbocycles. The number of aryl methyl sites for hydroxylation is 1. The summed E-state index contributed by atoms with van der Waals surface area (Å²) in [6, 6.07) is 15.7. The van der Waals surface area contributed by atoms with Gasteiger partial charge in [0, 0.05) is 16.6 Å². The molecule has 30 heavy (non-hydrogen) atoms. The summed E-state index contributed by atoms with van der Waals surface area (Å²) in [6.45, 7) is 7.78. The minimum Gasteiger partial charge on any atom is -0.448 e. The summed E-state index contributed by atoms with van der Waals surface area (Å²) >= 11 is 1.38. The zero-order valence-corrected chi connectivity index (χ0v) is 18.5. The number of nitrogens with one attached hydrogen (secondary N) is 1. The van der Waals surface area contributed by atoms with E-state index in [1.54, 1.807) is 12.3 Å². The lowest BCUT2D eigenvalue weighted by Gasteiger charge is -2.16. The summed E-state index contributed by atoms with van der Waals surface area (Å²) < 4.78 is 5.35. The number of thiazole rings is 1. The van der Waals surface area contributed by atoms with E-state index in [0.29, 0.717) is 0 Å². The molecule has 3 rings (SSSR count). The molecule has 0 aliphatic carbocycles. The highest BCUT2D eigenvalue weighted by atomic mass is 32.1. The maximum atomic E-state index is 12.5. The topological polar surface area (TPSA) is 68.3 Å². The standard InChI is InChI=1S/C24H26N2O3S/c1-5-17-10-12-18(13-11-17)23-26-21(14-30-23)24(28)29-16(4)22(27)25-20-9-7-6-8-19(20)15(2)3/h6-16H,5H2,1-4H3,(H,25,27)/t16-/m1/s1. The van der Waals surface area contributed by atoms with Crippen LogP contribution in [-0.2, 0) is 16.0 Å². The van der Waals surface area contributed by atoms with Gasteiger partial charge in [-0.1, -0.05) is 63.2 Å². The van der Waals surface area contributed by atoms with Crippen molar-refractivity contribution in [1.29, 1.82) is 0 Å². The molecular formula is C24H26N2O3S. The number of ether oxygens (including phenoxy) is 1. The van der Waals surface area contributed by atoms with E-state index in [9.17, 15) is 9.59 Å². The first-order chi connectivity index (χ1) is 14.4. The summed E-state index contributed by atoms with van der Waals surface area (Å²) in [6.07, 6.45) is 0.0313. The number of para-hydroxylation sites is 1. The number of aromatic nitrogens is 1. The summed E-state index contributed by atoms with van der Waals surface area (Å²) in [7, 11) is 0. The Kier molecular flexibility index (Phi) is 7.00. The number of carbonyl (C=O) groups is 2. The monoisotopic (exact) mass is 422 g/mol. The molecule has 0 aliphatic rings. The van der Waals surface area contributed by atoms with Gasteiger partial charge in [0.1, 0.15) is 5.01 Å². The molecule has 0 bridgehead atoms. The average molecular weight is 423 g/mol. The third-order valence-corrected chi connectivity index (χ3v) is 5.71. The predicted molar refractivity (Wildman–Crippen MR) is 121 cm³/mol. The Morgan fingerprint density at radius 3 is 2.43 bits per heavy atom. The van der Waals surface area contributed by atoms with Gasteiger partial charge in [0.2, 0.25) is 0 Å². The highest BCUT2D eigenvalue weighted by Gasteiger charge is 2.22. The van der Waals surface area contributed by atoms with Crippen LogP contribution < -0.4 is 5.32 Å². The number of hydrogen-bond donors (Lipinski definition) is 1. The number of nitrogens with zero attached hydrogens (tertiary/aromatic N) is 1. The van der Waals surface area contributed by atoms with Crippen LogP contribution in [-0.4, -0.2) is 23.0 Å². The van der Waals surface area contributed by atoms with Gasteiger partial charge in [-0.15, -0.1) is 11.3 Å². The molecule has 0 fully saturated rings. The minimum absolute atomic E-state index is 0.205. The lowest BCUT2D eigenvalue weighted by Crippen LogP contribution is -2.30. The van der Waals surface area contributed by atoms with Gasteiger partial charge in [-0.3, -0.25) is 4.79 Å². The predicted octanol–water partition coefficient (Wildman–Crippen LogP) is 5.68. The van der Waals surface area contributed by atoms with Gasteiger partial charge in [0.15, 0.2) is 11.8 Å². The van der Waals surface area contributed by atoms with Crippen LogP contribution in [0.1, 0.15) is 55.2 Å². The first-order valence-electron chi connectivity index (χ1n) is 10.0. The third kappa shape index (κ3) is 5.13. The van der Waals surface area contributed by atoms with Crippen molar-refractivity contribution in [3.63, 3.8) is 0 Å². The number of anilines is 1. The van der Waals surface area contributed by atoms with E-state index in [0.717, 1.165) is 28.2 Å². The number of hydrogen-bond acceptors (Lipinski definition) is 5. The normalized spacial score (nSPS) is 11.9. The molecule has 0 saturated heterocycles. The SMILES string of the molecule is CCc1ccc(-c2nc(C(=O)O[C@H](C)C(=O)Nc3ccccc3C(C)C)cs2)cc1. The van der Waals surface area contributed by atoms with E-state index >= 15 is 0 Å². The molecule has 3 aromatic rings. The van der Waals surface area contributed by atoms with Crippen LogP contribution in [0.15, 0.2) is 53.9 Å². The Balaban J connectivity index is 1.64. The number of rotatable bonds is 7. The van der Waals surface area contributed by atoms with Crippen LogP contribution in [0, 0.1) is 0 Å². The van der Waals surface area contributed by atoms with Crippen LogP contribution >= 0.6 is 11.3 Å². The Labute approximate surface area is 181 Å². The summed E-state index contributed by atoms with van der Waals surface area (Å²) in [5.41, 5.74) is 4.16. The molecule has 0 aliphatic heterocycles. The van der Waals surface area contributed by atoms with Crippen molar-refractivity contribution in [2.24, 2.45) is 0 Å². The minimum atomic E-state index is -0.938. The summed E-state index contributed by atoms with van der Waals surface area (Å²) in [5, 5.41) is 5.26. The van der Waals surface area contributed by atoms with Gasteiger partial charge in [-0.25, -0.2) is 9.78 Å². The van der Waals surface area contributed by atoms with Gasteiger partial charge in [-0.2, -0.15) is 0 Å². The summed E-state index contributed by atoms with van der Waals surface area (Å²) in [4.78, 5) is 29.4. The van der Waals surface area contributed by atoms with E-state index in [4.69, 9.17) is 4.74 Å². The first-order valence-corrected chi connectivity index (χ1v) is 10.9. The average Bonchev–Trinajstić information content (AvgIpc) is 3.24. The molecule has 156 valence electrons. The van der Waals surface area contributed by atoms with Crippen LogP contribution in [0.4, 0.5) is 5.69 Å². The van der Waals surface area contributed by atoms with Crippen molar-refractivity contribution in [2.45, 2.75) is 46.1 Å². The maximum absolute atomic E-state index is 12.5. The zero-order valence-electron chi connectivity index (χ0n) is 17.6. The van der Waals surface area contributed by atoms with Crippen molar-refractivity contribution in [2.75, 3.05) is 5.32 Å². The second-order valence-corrected chi connectivity index (χ2v) is 8.23. The lowest BCUT2D eigenvalue weighted by molar-refractivity contribution is -0.123. The highest BCUT2D eigenvalue weighted by Crippen LogP contribution is 2.26. The van der Waals surface area contributed by atoms with Gasteiger partial charge < -0.3 is 10.1 Å². The van der Waals surface area contributed by atoms with Crippen LogP contribution in [0.5, 0.6) is 0 Å². The Hall–Kier alpha value is -2.99. The number of esters is 1. The first kappa shape index (κ1) is 21.7. The quantitative estimate of drug-likeness (QED) is 0.497. The van der Waals surface area contributed by atoms with Crippen molar-refractivity contribution in [3.8, 4) is 10.6 Å². The van der Waals surface area contributed by atoms with E-state index in [1.165, 1.54) is 16.9 Å². The van der Waals surface area contributed by atoms with E-state index in [1.807, 2.05) is 36.4 Å². The molecule has 0 spiro atoms. The number of carbonyl (C=O) groups excluding carboxylic acids is 2. The molecule has 0 unspecified atom stereocenters. The van der Waals surface area contributed by atoms with Crippen LogP contribution in [0.2, 0.25) is 0 Å². The molecular weight excluding hydrogens is 396 g/mol. The fourth-order valence-corrected chi connectivity index (χ4v) is 3.80. The summed E-state index contributed by atoms with van der Waals surface area (Å²) in [5.74, 6) is -0.719. The number of benzene rings is 2. The second kappa shape index (κ2) is 9.67.